The summed E-state index contributed by atoms with van der Waals surface area (Å²) < 4.78 is 0. The first-order valence-corrected chi connectivity index (χ1v) is 5.48. The Morgan fingerprint density at radius 1 is 1.43 bits per heavy atom. The molecule has 0 spiro atoms. The number of rotatable bonds is 3. The van der Waals surface area contributed by atoms with Gasteiger partial charge in [-0.25, -0.2) is 0 Å². The van der Waals surface area contributed by atoms with Crippen molar-refractivity contribution in [1.82, 2.24) is 10.3 Å². The smallest absolute Gasteiger partial charge is 0.0541 e. The van der Waals surface area contributed by atoms with Gasteiger partial charge in [-0.05, 0) is 37.3 Å². The Bertz CT molecular complexity index is 271. The molecule has 1 aliphatic rings. The number of pyridine rings is 1. The maximum Gasteiger partial charge on any atom is 0.0541 e. The van der Waals surface area contributed by atoms with E-state index in [9.17, 15) is 0 Å². The van der Waals surface area contributed by atoms with E-state index in [0.29, 0.717) is 6.04 Å². The van der Waals surface area contributed by atoms with Crippen LogP contribution >= 0.6 is 0 Å². The van der Waals surface area contributed by atoms with Gasteiger partial charge in [0.15, 0.2) is 0 Å². The van der Waals surface area contributed by atoms with E-state index in [1.807, 2.05) is 18.3 Å². The zero-order chi connectivity index (χ0) is 9.80. The largest absolute Gasteiger partial charge is 0.308 e. The first kappa shape index (κ1) is 9.66. The summed E-state index contributed by atoms with van der Waals surface area (Å²) in [4.78, 5) is 4.30. The first-order chi connectivity index (χ1) is 6.84. The molecule has 2 rings (SSSR count). The standard InChI is InChI=1S/C12H18N2/c1-10-5-6-11(8-10)14-9-12-4-2-3-7-13-12/h2-4,7,10-11,14H,5-6,8-9H2,1H3/t10-,11-/m0/s1. The van der Waals surface area contributed by atoms with Crippen molar-refractivity contribution in [3.63, 3.8) is 0 Å². The van der Waals surface area contributed by atoms with Crippen molar-refractivity contribution in [2.24, 2.45) is 5.92 Å². The van der Waals surface area contributed by atoms with E-state index < -0.39 is 0 Å². The Hall–Kier alpha value is -0.890. The highest BCUT2D eigenvalue weighted by Crippen LogP contribution is 2.24. The minimum atomic E-state index is 0.715. The summed E-state index contributed by atoms with van der Waals surface area (Å²) in [7, 11) is 0. The fraction of sp³-hybridized carbons (Fsp3) is 0.583. The third kappa shape index (κ3) is 2.55. The van der Waals surface area contributed by atoms with Crippen molar-refractivity contribution in [3.8, 4) is 0 Å². The van der Waals surface area contributed by atoms with Crippen molar-refractivity contribution in [3.05, 3.63) is 30.1 Å². The third-order valence-corrected chi connectivity index (χ3v) is 2.99. The summed E-state index contributed by atoms with van der Waals surface area (Å²) >= 11 is 0. The molecule has 1 aromatic rings. The minimum absolute atomic E-state index is 0.715. The number of nitrogens with zero attached hydrogens (tertiary/aromatic N) is 1. The lowest BCUT2D eigenvalue weighted by Crippen LogP contribution is -2.26. The first-order valence-electron chi connectivity index (χ1n) is 5.48. The Balaban J connectivity index is 1.78. The summed E-state index contributed by atoms with van der Waals surface area (Å²) in [5, 5.41) is 3.57. The molecule has 2 nitrogen and oxygen atoms in total. The van der Waals surface area contributed by atoms with Gasteiger partial charge in [0.25, 0.3) is 0 Å². The SMILES string of the molecule is C[C@H]1CC[C@H](NCc2ccccn2)C1. The van der Waals surface area contributed by atoms with Crippen LogP contribution in [0, 0.1) is 5.92 Å². The van der Waals surface area contributed by atoms with Gasteiger partial charge in [-0.3, -0.25) is 4.98 Å². The van der Waals surface area contributed by atoms with E-state index in [2.05, 4.69) is 23.3 Å². The van der Waals surface area contributed by atoms with Crippen molar-refractivity contribution in [2.75, 3.05) is 0 Å². The van der Waals surface area contributed by atoms with Crippen LogP contribution in [-0.2, 0) is 6.54 Å². The van der Waals surface area contributed by atoms with E-state index in [0.717, 1.165) is 18.2 Å². The van der Waals surface area contributed by atoms with E-state index in [1.165, 1.54) is 19.3 Å². The predicted octanol–water partition coefficient (Wildman–Crippen LogP) is 2.36. The molecule has 0 amide bonds. The van der Waals surface area contributed by atoms with Crippen molar-refractivity contribution in [2.45, 2.75) is 38.8 Å². The second-order valence-corrected chi connectivity index (χ2v) is 4.32. The second kappa shape index (κ2) is 4.56. The average molecular weight is 190 g/mol. The number of hydrogen-bond acceptors (Lipinski definition) is 2. The van der Waals surface area contributed by atoms with Gasteiger partial charge >= 0.3 is 0 Å². The van der Waals surface area contributed by atoms with Crippen LogP contribution < -0.4 is 5.32 Å². The third-order valence-electron chi connectivity index (χ3n) is 2.99. The maximum atomic E-state index is 4.30. The summed E-state index contributed by atoms with van der Waals surface area (Å²) in [5.41, 5.74) is 1.15. The molecular weight excluding hydrogens is 172 g/mol. The zero-order valence-corrected chi connectivity index (χ0v) is 8.74. The van der Waals surface area contributed by atoms with E-state index >= 15 is 0 Å². The average Bonchev–Trinajstić information content (AvgIpc) is 2.63. The normalized spacial score (nSPS) is 26.6. The van der Waals surface area contributed by atoms with Gasteiger partial charge in [-0.15, -0.1) is 0 Å². The fourth-order valence-electron chi connectivity index (χ4n) is 2.14. The van der Waals surface area contributed by atoms with E-state index in [-0.39, 0.29) is 0 Å². The van der Waals surface area contributed by atoms with Crippen molar-refractivity contribution in [1.29, 1.82) is 0 Å². The minimum Gasteiger partial charge on any atom is -0.308 e. The molecule has 2 atom stereocenters. The molecule has 1 heterocycles. The van der Waals surface area contributed by atoms with Gasteiger partial charge in [0, 0.05) is 18.8 Å². The molecule has 0 unspecified atom stereocenters. The lowest BCUT2D eigenvalue weighted by molar-refractivity contribution is 0.498. The molecule has 1 N–H and O–H groups in total. The quantitative estimate of drug-likeness (QED) is 0.791. The van der Waals surface area contributed by atoms with Crippen LogP contribution in [0.2, 0.25) is 0 Å². The molecular formula is C12H18N2. The molecule has 1 fully saturated rings. The molecule has 76 valence electrons. The summed E-state index contributed by atoms with van der Waals surface area (Å²) in [6, 6.07) is 6.79. The van der Waals surface area contributed by atoms with Crippen LogP contribution in [0.3, 0.4) is 0 Å². The molecule has 0 radical (unpaired) electrons. The van der Waals surface area contributed by atoms with E-state index in [4.69, 9.17) is 0 Å². The van der Waals surface area contributed by atoms with E-state index in [1.54, 1.807) is 0 Å². The van der Waals surface area contributed by atoms with Gasteiger partial charge in [-0.1, -0.05) is 13.0 Å². The Morgan fingerprint density at radius 2 is 2.36 bits per heavy atom. The van der Waals surface area contributed by atoms with Crippen molar-refractivity contribution >= 4 is 0 Å². The zero-order valence-electron chi connectivity index (χ0n) is 8.74. The lowest BCUT2D eigenvalue weighted by atomic mass is 10.1. The topological polar surface area (TPSA) is 24.9 Å². The predicted molar refractivity (Wildman–Crippen MR) is 57.9 cm³/mol. The molecule has 0 bridgehead atoms. The Morgan fingerprint density at radius 3 is 3.00 bits per heavy atom. The molecule has 0 aromatic carbocycles. The summed E-state index contributed by atoms with van der Waals surface area (Å²) in [5.74, 6) is 0.899. The molecule has 1 saturated carbocycles. The Labute approximate surface area is 85.7 Å². The van der Waals surface area contributed by atoms with Crippen LogP contribution in [-0.4, -0.2) is 11.0 Å². The number of aromatic nitrogens is 1. The van der Waals surface area contributed by atoms with Crippen LogP contribution in [0.15, 0.2) is 24.4 Å². The monoisotopic (exact) mass is 190 g/mol. The lowest BCUT2D eigenvalue weighted by Gasteiger charge is -2.11. The van der Waals surface area contributed by atoms with Crippen LogP contribution in [0.1, 0.15) is 31.9 Å². The van der Waals surface area contributed by atoms with Gasteiger partial charge in [-0.2, -0.15) is 0 Å². The van der Waals surface area contributed by atoms with Crippen LogP contribution in [0.25, 0.3) is 0 Å². The van der Waals surface area contributed by atoms with Gasteiger partial charge < -0.3 is 5.32 Å². The molecule has 14 heavy (non-hydrogen) atoms. The highest BCUT2D eigenvalue weighted by atomic mass is 14.9. The van der Waals surface area contributed by atoms with Gasteiger partial charge in [0.05, 0.1) is 5.69 Å². The second-order valence-electron chi connectivity index (χ2n) is 4.32. The van der Waals surface area contributed by atoms with Crippen LogP contribution in [0.5, 0.6) is 0 Å². The highest BCUT2D eigenvalue weighted by Gasteiger charge is 2.20. The Kier molecular flexibility index (Phi) is 3.14. The molecule has 0 aliphatic heterocycles. The number of nitrogens with one attached hydrogen (secondary N) is 1. The molecule has 0 saturated heterocycles. The molecule has 2 heteroatoms. The highest BCUT2D eigenvalue weighted by molar-refractivity contribution is 5.03. The van der Waals surface area contributed by atoms with Gasteiger partial charge in [0.2, 0.25) is 0 Å². The van der Waals surface area contributed by atoms with Crippen LogP contribution in [0.4, 0.5) is 0 Å². The fourth-order valence-corrected chi connectivity index (χ4v) is 2.14. The maximum absolute atomic E-state index is 4.30. The molecule has 1 aromatic heterocycles. The van der Waals surface area contributed by atoms with Crippen molar-refractivity contribution < 1.29 is 0 Å². The molecule has 1 aliphatic carbocycles. The van der Waals surface area contributed by atoms with Gasteiger partial charge in [0.1, 0.15) is 0 Å². The number of hydrogen-bond donors (Lipinski definition) is 1. The summed E-state index contributed by atoms with van der Waals surface area (Å²) in [6.07, 6.45) is 5.88. The summed E-state index contributed by atoms with van der Waals surface area (Å²) in [6.45, 7) is 3.25.